The molecule has 3 N–H and O–H groups in total. The molecule has 4 aromatic rings. The fourth-order valence-electron chi connectivity index (χ4n) is 3.64. The first-order chi connectivity index (χ1) is 15.5. The predicted octanol–water partition coefficient (Wildman–Crippen LogP) is 3.12. The summed E-state index contributed by atoms with van der Waals surface area (Å²) in [5.41, 5.74) is 4.22. The third-order valence-corrected chi connectivity index (χ3v) is 7.39. The lowest BCUT2D eigenvalue weighted by Gasteiger charge is -2.20. The third kappa shape index (κ3) is 3.43. The molecule has 0 spiro atoms. The van der Waals surface area contributed by atoms with Crippen molar-refractivity contribution in [3.63, 3.8) is 0 Å². The highest BCUT2D eigenvalue weighted by Gasteiger charge is 2.30. The molecule has 5 rings (SSSR count). The predicted molar refractivity (Wildman–Crippen MR) is 126 cm³/mol. The van der Waals surface area contributed by atoms with Crippen molar-refractivity contribution >= 4 is 43.1 Å². The first-order valence-corrected chi connectivity index (χ1v) is 12.1. The Morgan fingerprint density at radius 2 is 1.81 bits per heavy atom. The summed E-state index contributed by atoms with van der Waals surface area (Å²) in [6, 6.07) is 17.8. The molecule has 0 radical (unpaired) electrons. The van der Waals surface area contributed by atoms with Crippen LogP contribution in [0.5, 0.6) is 5.75 Å². The number of sulfonamides is 1. The van der Waals surface area contributed by atoms with Gasteiger partial charge in [0.2, 0.25) is 0 Å². The Hall–Kier alpha value is -3.63. The van der Waals surface area contributed by atoms with Crippen molar-refractivity contribution in [2.45, 2.75) is 11.3 Å². The van der Waals surface area contributed by atoms with E-state index >= 15 is 0 Å². The summed E-state index contributed by atoms with van der Waals surface area (Å²) in [5, 5.41) is 15.5. The number of amidine groups is 1. The van der Waals surface area contributed by atoms with Crippen LogP contribution < -0.4 is 16.3 Å². The number of anilines is 1. The van der Waals surface area contributed by atoms with Crippen molar-refractivity contribution in [1.82, 2.24) is 4.68 Å². The minimum atomic E-state index is -4.03. The van der Waals surface area contributed by atoms with Gasteiger partial charge in [0.1, 0.15) is 10.5 Å². The summed E-state index contributed by atoms with van der Waals surface area (Å²) in [6.45, 7) is 0.458. The van der Waals surface area contributed by atoms with Gasteiger partial charge in [0, 0.05) is 6.54 Å². The lowest BCUT2D eigenvalue weighted by molar-refractivity contribution is 0.479. The van der Waals surface area contributed by atoms with E-state index in [9.17, 15) is 18.3 Å². The fourth-order valence-corrected chi connectivity index (χ4v) is 5.59. The lowest BCUT2D eigenvalue weighted by atomic mass is 10.1. The third-order valence-electron chi connectivity index (χ3n) is 5.15. The molecular formula is C22H18N4O4S2. The minimum absolute atomic E-state index is 0.0155. The van der Waals surface area contributed by atoms with E-state index < -0.39 is 15.6 Å². The second-order valence-corrected chi connectivity index (χ2v) is 9.67. The van der Waals surface area contributed by atoms with Crippen LogP contribution in [0.25, 0.3) is 10.2 Å². The number of hydrogen-bond donors (Lipinski definition) is 3. The zero-order valence-electron chi connectivity index (χ0n) is 16.6. The van der Waals surface area contributed by atoms with Crippen molar-refractivity contribution in [3.05, 3.63) is 87.5 Å². The van der Waals surface area contributed by atoms with Gasteiger partial charge in [0.05, 0.1) is 15.9 Å². The highest BCUT2D eigenvalue weighted by molar-refractivity contribution is 7.90. The maximum Gasteiger partial charge on any atom is 0.286 e. The zero-order valence-corrected chi connectivity index (χ0v) is 18.3. The second kappa shape index (κ2) is 7.81. The molecule has 3 heterocycles. The molecule has 0 aliphatic carbocycles. The van der Waals surface area contributed by atoms with E-state index in [2.05, 4.69) is 15.1 Å². The van der Waals surface area contributed by atoms with E-state index in [4.69, 9.17) is 0 Å². The van der Waals surface area contributed by atoms with Gasteiger partial charge >= 0.3 is 0 Å². The van der Waals surface area contributed by atoms with Crippen molar-refractivity contribution in [3.8, 4) is 5.75 Å². The van der Waals surface area contributed by atoms with Crippen LogP contribution in [0.2, 0.25) is 0 Å². The average molecular weight is 467 g/mol. The number of fused-ring (bicyclic) bond motifs is 2. The Kier molecular flexibility index (Phi) is 4.95. The van der Waals surface area contributed by atoms with Crippen LogP contribution >= 0.6 is 11.3 Å². The number of rotatable bonds is 5. The van der Waals surface area contributed by atoms with E-state index in [1.54, 1.807) is 29.6 Å². The number of aromatic hydroxyl groups is 1. The molecule has 8 nitrogen and oxygen atoms in total. The molecule has 162 valence electrons. The fraction of sp³-hybridized carbons (Fsp3) is 0.0909. The Labute approximate surface area is 187 Å². The Morgan fingerprint density at radius 1 is 1.06 bits per heavy atom. The molecular weight excluding hydrogens is 448 g/mol. The number of hydrogen-bond acceptors (Lipinski definition) is 7. The number of pyridine rings is 1. The smallest absolute Gasteiger partial charge is 0.286 e. The van der Waals surface area contributed by atoms with Gasteiger partial charge in [-0.2, -0.15) is 8.42 Å². The maximum absolute atomic E-state index is 13.4. The second-order valence-electron chi connectivity index (χ2n) is 7.18. The first-order valence-electron chi connectivity index (χ1n) is 9.80. The van der Waals surface area contributed by atoms with Crippen LogP contribution in [0, 0.1) is 0 Å². The summed E-state index contributed by atoms with van der Waals surface area (Å²) in [6.07, 6.45) is 0.677. The number of benzene rings is 2. The van der Waals surface area contributed by atoms with Crippen LogP contribution in [0.4, 0.5) is 5.69 Å². The Bertz CT molecular complexity index is 1520. The van der Waals surface area contributed by atoms with Gasteiger partial charge in [-0.3, -0.25) is 4.79 Å². The molecule has 1 aliphatic rings. The van der Waals surface area contributed by atoms with E-state index in [1.165, 1.54) is 22.1 Å². The van der Waals surface area contributed by atoms with Crippen LogP contribution in [-0.4, -0.2) is 30.6 Å². The van der Waals surface area contributed by atoms with Crippen molar-refractivity contribution in [2.24, 2.45) is 4.40 Å². The van der Waals surface area contributed by atoms with Crippen molar-refractivity contribution < 1.29 is 13.5 Å². The molecule has 2 aromatic carbocycles. The van der Waals surface area contributed by atoms with Gasteiger partial charge in [-0.15, -0.1) is 15.7 Å². The molecule has 0 unspecified atom stereocenters. The lowest BCUT2D eigenvalue weighted by Crippen LogP contribution is -2.36. The van der Waals surface area contributed by atoms with Gasteiger partial charge in [0.25, 0.3) is 15.6 Å². The quantitative estimate of drug-likeness (QED) is 0.417. The van der Waals surface area contributed by atoms with Crippen LogP contribution in [0.1, 0.15) is 11.1 Å². The molecule has 0 fully saturated rings. The van der Waals surface area contributed by atoms with E-state index in [-0.39, 0.29) is 22.0 Å². The largest absolute Gasteiger partial charge is 0.505 e. The number of aromatic nitrogens is 1. The van der Waals surface area contributed by atoms with Gasteiger partial charge in [-0.05, 0) is 35.6 Å². The molecule has 32 heavy (non-hydrogen) atoms. The Morgan fingerprint density at radius 3 is 2.62 bits per heavy atom. The molecule has 0 saturated carbocycles. The number of thiophene rings is 1. The molecule has 0 amide bonds. The summed E-state index contributed by atoms with van der Waals surface area (Å²) >= 11 is 1.25. The monoisotopic (exact) mass is 466 g/mol. The molecule has 2 aromatic heterocycles. The molecule has 0 atom stereocenters. The van der Waals surface area contributed by atoms with Gasteiger partial charge in [-0.1, -0.05) is 42.5 Å². The normalized spacial score (nSPS) is 14.4. The van der Waals surface area contributed by atoms with E-state index in [0.717, 1.165) is 5.56 Å². The molecule has 0 bridgehead atoms. The number of para-hydroxylation sites is 1. The van der Waals surface area contributed by atoms with E-state index in [0.29, 0.717) is 28.9 Å². The SMILES string of the molecule is O=c1c(C2=NS(=O)(=O)c3ccccc3N2)c(O)c2sccc2n1NCCc1ccccc1. The number of nitrogens with one attached hydrogen (secondary N) is 2. The number of nitrogens with zero attached hydrogens (tertiary/aromatic N) is 2. The van der Waals surface area contributed by atoms with Crippen LogP contribution in [0.3, 0.4) is 0 Å². The van der Waals surface area contributed by atoms with E-state index in [1.807, 2.05) is 30.3 Å². The average Bonchev–Trinajstić information content (AvgIpc) is 3.27. The first kappa shape index (κ1) is 20.3. The molecule has 0 saturated heterocycles. The van der Waals surface area contributed by atoms with Crippen LogP contribution in [-0.2, 0) is 16.4 Å². The molecule has 10 heteroatoms. The van der Waals surface area contributed by atoms with Gasteiger partial charge in [0.15, 0.2) is 11.6 Å². The summed E-state index contributed by atoms with van der Waals surface area (Å²) in [7, 11) is -4.03. The minimum Gasteiger partial charge on any atom is -0.505 e. The highest BCUT2D eigenvalue weighted by atomic mass is 32.2. The summed E-state index contributed by atoms with van der Waals surface area (Å²) < 4.78 is 30.9. The van der Waals surface area contributed by atoms with Crippen LogP contribution in [0.15, 0.2) is 80.1 Å². The summed E-state index contributed by atoms with van der Waals surface area (Å²) in [4.78, 5) is 13.4. The molecule has 1 aliphatic heterocycles. The van der Waals surface area contributed by atoms with Crippen molar-refractivity contribution in [1.29, 1.82) is 0 Å². The standard InChI is InChI=1S/C22H18N4O4S2/c27-19-18(21-24-15-8-4-5-9-17(15)32(29,30)25-21)22(28)26(16-11-13-31-20(16)19)23-12-10-14-6-2-1-3-7-14/h1-9,11,13,23,27H,10,12H2,(H,24,25). The van der Waals surface area contributed by atoms with Gasteiger partial charge in [-0.25, -0.2) is 4.68 Å². The Balaban J connectivity index is 1.59. The van der Waals surface area contributed by atoms with Crippen molar-refractivity contribution in [2.75, 3.05) is 17.3 Å². The summed E-state index contributed by atoms with van der Waals surface area (Å²) in [5.74, 6) is -0.512. The maximum atomic E-state index is 13.4. The topological polar surface area (TPSA) is 113 Å². The van der Waals surface area contributed by atoms with Gasteiger partial charge < -0.3 is 15.8 Å². The zero-order chi connectivity index (χ0) is 22.3. The highest BCUT2D eigenvalue weighted by Crippen LogP contribution is 2.34.